The molecule has 0 atom stereocenters. The molecule has 20 heavy (non-hydrogen) atoms. The molecule has 0 aliphatic heterocycles. The molecule has 0 aromatic heterocycles. The maximum atomic E-state index is 14.0. The highest BCUT2D eigenvalue weighted by atomic mass is 127. The van der Waals surface area contributed by atoms with E-state index in [9.17, 15) is 13.6 Å². The highest BCUT2D eigenvalue weighted by Crippen LogP contribution is 2.30. The first-order valence-corrected chi connectivity index (χ1v) is 7.00. The lowest BCUT2D eigenvalue weighted by Crippen LogP contribution is -2.26. The molecule has 0 heterocycles. The van der Waals surface area contributed by atoms with Crippen molar-refractivity contribution in [2.75, 3.05) is 0 Å². The molecule has 2 aromatic rings. The molecule has 0 N–H and O–H groups in total. The molecule has 0 saturated heterocycles. The van der Waals surface area contributed by atoms with Crippen LogP contribution in [0, 0.1) is 0 Å². The van der Waals surface area contributed by atoms with Gasteiger partial charge in [0.05, 0.1) is 0 Å². The first-order valence-electron chi connectivity index (χ1n) is 5.92. The number of alkyl halides is 2. The molecule has 0 bridgehead atoms. The third-order valence-corrected chi connectivity index (χ3v) is 3.63. The van der Waals surface area contributed by atoms with Crippen molar-refractivity contribution in [1.82, 2.24) is 0 Å². The van der Waals surface area contributed by atoms with Crippen molar-refractivity contribution in [3.63, 3.8) is 0 Å². The van der Waals surface area contributed by atoms with Crippen molar-refractivity contribution in [3.8, 4) is 0 Å². The Labute approximate surface area is 129 Å². The van der Waals surface area contributed by atoms with Crippen molar-refractivity contribution in [2.45, 2.75) is 5.92 Å². The molecular weight excluding hydrogens is 373 g/mol. The summed E-state index contributed by atoms with van der Waals surface area (Å²) in [7, 11) is 0. The van der Waals surface area contributed by atoms with Gasteiger partial charge in [-0.05, 0) is 28.2 Å². The first-order chi connectivity index (χ1) is 9.50. The van der Waals surface area contributed by atoms with Crippen LogP contribution >= 0.6 is 22.6 Å². The minimum atomic E-state index is -3.52. The number of halogens is 3. The number of ketones is 1. The summed E-state index contributed by atoms with van der Waals surface area (Å²) >= 11 is 1.81. The molecule has 4 heteroatoms. The Morgan fingerprint density at radius 2 is 1.35 bits per heavy atom. The Balaban J connectivity index is 2.29. The summed E-state index contributed by atoms with van der Waals surface area (Å²) in [4.78, 5) is 11.8. The van der Waals surface area contributed by atoms with Gasteiger partial charge in [-0.15, -0.1) is 0 Å². The van der Waals surface area contributed by atoms with Crippen LogP contribution in [0.1, 0.15) is 15.9 Å². The van der Waals surface area contributed by atoms with Gasteiger partial charge in [-0.25, -0.2) is 0 Å². The van der Waals surface area contributed by atoms with E-state index in [0.717, 1.165) is 0 Å². The average molecular weight is 384 g/mol. The van der Waals surface area contributed by atoms with Crippen molar-refractivity contribution in [3.05, 3.63) is 77.9 Å². The zero-order chi connectivity index (χ0) is 14.6. The third-order valence-electron chi connectivity index (χ3n) is 2.70. The Morgan fingerprint density at radius 1 is 0.900 bits per heavy atom. The number of allylic oxidation sites excluding steroid dienone is 1. The van der Waals surface area contributed by atoms with Crippen molar-refractivity contribution in [2.24, 2.45) is 0 Å². The average Bonchev–Trinajstić information content (AvgIpc) is 2.48. The highest BCUT2D eigenvalue weighted by Gasteiger charge is 2.37. The molecule has 2 rings (SSSR count). The van der Waals surface area contributed by atoms with E-state index < -0.39 is 11.7 Å². The molecule has 0 saturated carbocycles. The van der Waals surface area contributed by atoms with Gasteiger partial charge >= 0.3 is 5.92 Å². The smallest absolute Gasteiger partial charge is 0.287 e. The summed E-state index contributed by atoms with van der Waals surface area (Å²) in [6.07, 6.45) is 0.707. The number of benzene rings is 2. The lowest BCUT2D eigenvalue weighted by molar-refractivity contribution is 0.0385. The number of Topliss-reactive ketones (excluding diaryl/α,β-unsaturated/α-hetero) is 1. The summed E-state index contributed by atoms with van der Waals surface area (Å²) in [5.41, 5.74) is 0.666. The van der Waals surface area contributed by atoms with Gasteiger partial charge in [-0.1, -0.05) is 60.7 Å². The summed E-state index contributed by atoms with van der Waals surface area (Å²) in [5, 5.41) is 0. The van der Waals surface area contributed by atoms with E-state index >= 15 is 0 Å². The van der Waals surface area contributed by atoms with Crippen LogP contribution in [0.15, 0.2) is 66.7 Å². The van der Waals surface area contributed by atoms with Crippen molar-refractivity contribution in [1.29, 1.82) is 0 Å². The fourth-order valence-electron chi connectivity index (χ4n) is 1.69. The summed E-state index contributed by atoms with van der Waals surface area (Å²) < 4.78 is 28.4. The molecule has 0 unspecified atom stereocenters. The molecule has 1 nitrogen and oxygen atoms in total. The lowest BCUT2D eigenvalue weighted by Gasteiger charge is -2.12. The third kappa shape index (κ3) is 3.50. The maximum Gasteiger partial charge on any atom is 0.329 e. The largest absolute Gasteiger partial charge is 0.329 e. The number of carbonyl (C=O) groups is 1. The van der Waals surface area contributed by atoms with E-state index in [1.54, 1.807) is 48.5 Å². The monoisotopic (exact) mass is 384 g/mol. The topological polar surface area (TPSA) is 17.1 Å². The molecule has 0 aliphatic carbocycles. The van der Waals surface area contributed by atoms with E-state index in [1.807, 2.05) is 22.6 Å². The van der Waals surface area contributed by atoms with Crippen LogP contribution < -0.4 is 0 Å². The molecule has 0 amide bonds. The van der Waals surface area contributed by atoms with E-state index in [0.29, 0.717) is 15.2 Å². The Hall–Kier alpha value is -1.56. The van der Waals surface area contributed by atoms with Gasteiger partial charge in [0.1, 0.15) is 0 Å². The molecule has 102 valence electrons. The van der Waals surface area contributed by atoms with Crippen LogP contribution in [0.2, 0.25) is 0 Å². The van der Waals surface area contributed by atoms with Crippen molar-refractivity contribution >= 4 is 32.0 Å². The Bertz CT molecular complexity index is 621. The zero-order valence-corrected chi connectivity index (χ0v) is 12.6. The predicted octanol–water partition coefficient (Wildman–Crippen LogP) is 4.98. The van der Waals surface area contributed by atoms with E-state index in [1.165, 1.54) is 12.1 Å². The van der Waals surface area contributed by atoms with E-state index in [4.69, 9.17) is 0 Å². The van der Waals surface area contributed by atoms with Crippen LogP contribution in [0.4, 0.5) is 8.78 Å². The summed E-state index contributed by atoms with van der Waals surface area (Å²) in [5.74, 6) is -4.71. The molecule has 0 aliphatic rings. The Kier molecular flexibility index (Phi) is 4.65. The van der Waals surface area contributed by atoms with Gasteiger partial charge in [0.25, 0.3) is 0 Å². The standard InChI is InChI=1S/C16H11F2IO/c17-16(18,15(20)13-9-5-2-6-10-13)11-14(19)12-7-3-1-4-8-12/h1-11H/b14-11+. The highest BCUT2D eigenvalue weighted by molar-refractivity contribution is 14.1. The van der Waals surface area contributed by atoms with Crippen LogP contribution in [-0.2, 0) is 0 Å². The van der Waals surface area contributed by atoms with Crippen LogP contribution in [0.5, 0.6) is 0 Å². The minimum Gasteiger partial charge on any atom is -0.287 e. The van der Waals surface area contributed by atoms with Gasteiger partial charge in [0.2, 0.25) is 5.78 Å². The van der Waals surface area contributed by atoms with Crippen LogP contribution in [-0.4, -0.2) is 11.7 Å². The van der Waals surface area contributed by atoms with Gasteiger partial charge in [0, 0.05) is 15.2 Å². The fourth-order valence-corrected chi connectivity index (χ4v) is 2.44. The maximum absolute atomic E-state index is 14.0. The number of carbonyl (C=O) groups excluding carboxylic acids is 1. The molecule has 0 fully saturated rings. The fraction of sp³-hybridized carbons (Fsp3) is 0.0625. The second kappa shape index (κ2) is 6.26. The SMILES string of the molecule is O=C(c1ccccc1)C(F)(F)/C=C(/I)c1ccccc1. The van der Waals surface area contributed by atoms with Crippen LogP contribution in [0.25, 0.3) is 3.58 Å². The normalized spacial score (nSPS) is 12.2. The number of rotatable bonds is 4. The van der Waals surface area contributed by atoms with Crippen LogP contribution in [0.3, 0.4) is 0 Å². The molecule has 0 radical (unpaired) electrons. The van der Waals surface area contributed by atoms with Crippen molar-refractivity contribution < 1.29 is 13.6 Å². The Morgan fingerprint density at radius 3 is 1.85 bits per heavy atom. The second-order valence-corrected chi connectivity index (χ2v) is 5.34. The molecule has 2 aromatic carbocycles. The van der Waals surface area contributed by atoms with E-state index in [-0.39, 0.29) is 5.56 Å². The first kappa shape index (κ1) is 14.8. The van der Waals surface area contributed by atoms with Gasteiger partial charge < -0.3 is 0 Å². The van der Waals surface area contributed by atoms with Gasteiger partial charge in [0.15, 0.2) is 0 Å². The summed E-state index contributed by atoms with van der Waals surface area (Å²) in [6.45, 7) is 0. The number of hydrogen-bond donors (Lipinski definition) is 0. The minimum absolute atomic E-state index is 0.00557. The quantitative estimate of drug-likeness (QED) is 0.537. The summed E-state index contributed by atoms with van der Waals surface area (Å²) in [6, 6.07) is 16.4. The molecule has 0 spiro atoms. The van der Waals surface area contributed by atoms with Gasteiger partial charge in [-0.3, -0.25) is 4.79 Å². The predicted molar refractivity (Wildman–Crippen MR) is 84.2 cm³/mol. The van der Waals surface area contributed by atoms with E-state index in [2.05, 4.69) is 0 Å². The molecular formula is C16H11F2IO. The zero-order valence-electron chi connectivity index (χ0n) is 10.4. The number of hydrogen-bond acceptors (Lipinski definition) is 1. The lowest BCUT2D eigenvalue weighted by atomic mass is 10.0. The van der Waals surface area contributed by atoms with Gasteiger partial charge in [-0.2, -0.15) is 8.78 Å². The second-order valence-electron chi connectivity index (χ2n) is 4.18.